The maximum absolute atomic E-state index is 13.6. The smallest absolute Gasteiger partial charge is 0.416 e. The summed E-state index contributed by atoms with van der Waals surface area (Å²) < 4.78 is 54.6. The lowest BCUT2D eigenvalue weighted by atomic mass is 9.95. The maximum Gasteiger partial charge on any atom is 0.416 e. The number of benzene rings is 1. The van der Waals surface area contributed by atoms with Crippen molar-refractivity contribution >= 4 is 28.5 Å². The summed E-state index contributed by atoms with van der Waals surface area (Å²) in [6, 6.07) is 3.69. The molecule has 1 aromatic heterocycles. The quantitative estimate of drug-likeness (QED) is 0.434. The number of hydrogen-bond acceptors (Lipinski definition) is 5. The number of likely N-dealkylation sites (N-methyl/N-ethyl adjacent to an activating group) is 1. The van der Waals surface area contributed by atoms with Crippen molar-refractivity contribution in [3.05, 3.63) is 45.2 Å². The number of alkyl halides is 3. The lowest BCUT2D eigenvalue weighted by Crippen LogP contribution is -2.30. The van der Waals surface area contributed by atoms with E-state index < -0.39 is 11.7 Å². The van der Waals surface area contributed by atoms with Crippen molar-refractivity contribution in [1.29, 1.82) is 0 Å². The van der Waals surface area contributed by atoms with E-state index in [0.29, 0.717) is 23.7 Å². The van der Waals surface area contributed by atoms with Gasteiger partial charge >= 0.3 is 6.18 Å². The number of thiazole rings is 1. The molecule has 2 atom stereocenters. The molecule has 2 aliphatic heterocycles. The maximum atomic E-state index is 13.6. The minimum Gasteiger partial charge on any atom is -0.491 e. The Morgan fingerprint density at radius 2 is 2.00 bits per heavy atom. The molecule has 0 spiro atoms. The Kier molecular flexibility index (Phi) is 8.29. The Hall–Kier alpha value is -1.75. The summed E-state index contributed by atoms with van der Waals surface area (Å²) in [5.41, 5.74) is -0.681. The van der Waals surface area contributed by atoms with Gasteiger partial charge in [-0.05, 0) is 62.9 Å². The number of thiocarbonyl (C=S) groups is 1. The topological polar surface area (TPSA) is 39.0 Å². The number of halogens is 3. The Morgan fingerprint density at radius 1 is 1.22 bits per heavy atom. The zero-order valence-electron chi connectivity index (χ0n) is 21.2. The van der Waals surface area contributed by atoms with Crippen molar-refractivity contribution in [2.45, 2.75) is 76.7 Å². The molecule has 5 nitrogen and oxygen atoms in total. The highest BCUT2D eigenvalue weighted by Crippen LogP contribution is 2.33. The number of rotatable bonds is 6. The number of hydrogen-bond donors (Lipinski definition) is 0. The molecule has 10 heteroatoms. The van der Waals surface area contributed by atoms with Gasteiger partial charge in [0.25, 0.3) is 0 Å². The Balaban J connectivity index is 1.69. The molecule has 2 fully saturated rings. The van der Waals surface area contributed by atoms with Crippen LogP contribution in [0.25, 0.3) is 0 Å². The first-order chi connectivity index (χ1) is 16.9. The van der Waals surface area contributed by atoms with Crippen LogP contribution in [0.15, 0.2) is 29.4 Å². The third-order valence-electron chi connectivity index (χ3n) is 6.72. The van der Waals surface area contributed by atoms with Crippen LogP contribution >= 0.6 is 23.6 Å². The molecule has 2 aliphatic rings. The summed E-state index contributed by atoms with van der Waals surface area (Å²) >= 11 is 7.13. The number of aromatic nitrogens is 1. The van der Waals surface area contributed by atoms with E-state index in [4.69, 9.17) is 21.7 Å². The monoisotopic (exact) mass is 541 g/mol. The van der Waals surface area contributed by atoms with Gasteiger partial charge in [-0.1, -0.05) is 33.0 Å². The van der Waals surface area contributed by atoms with Gasteiger partial charge in [-0.3, -0.25) is 0 Å². The van der Waals surface area contributed by atoms with E-state index in [-0.39, 0.29) is 28.1 Å². The SMILES string of the molecule is CN1CCC[C@H]1COc1ccc(C(F)(F)F)cc1C(=S)N=c1sc(C(C)(C)C)cn1C[C@H]1CCCO1. The van der Waals surface area contributed by atoms with Crippen LogP contribution in [-0.4, -0.2) is 53.4 Å². The lowest BCUT2D eigenvalue weighted by Gasteiger charge is -2.21. The lowest BCUT2D eigenvalue weighted by molar-refractivity contribution is -0.137. The largest absolute Gasteiger partial charge is 0.491 e. The minimum atomic E-state index is -4.49. The van der Waals surface area contributed by atoms with E-state index in [9.17, 15) is 13.2 Å². The first kappa shape index (κ1) is 27.3. The second kappa shape index (κ2) is 10.9. The Morgan fingerprint density at radius 3 is 2.61 bits per heavy atom. The second-order valence-corrected chi connectivity index (χ2v) is 12.0. The Labute approximate surface area is 219 Å². The molecule has 1 aromatic carbocycles. The van der Waals surface area contributed by atoms with Gasteiger partial charge in [0.2, 0.25) is 0 Å². The first-order valence-corrected chi connectivity index (χ1v) is 13.6. The Bertz CT molecular complexity index is 1140. The summed E-state index contributed by atoms with van der Waals surface area (Å²) in [5.74, 6) is 0.329. The predicted molar refractivity (Wildman–Crippen MR) is 140 cm³/mol. The van der Waals surface area contributed by atoms with E-state index in [2.05, 4.69) is 36.9 Å². The van der Waals surface area contributed by atoms with Crippen LogP contribution in [0.3, 0.4) is 0 Å². The van der Waals surface area contributed by atoms with E-state index >= 15 is 0 Å². The molecule has 4 rings (SSSR count). The normalized spacial score (nSPS) is 21.9. The molecule has 0 unspecified atom stereocenters. The summed E-state index contributed by atoms with van der Waals surface area (Å²) in [7, 11) is 2.03. The average Bonchev–Trinajstić information content (AvgIpc) is 3.54. The highest BCUT2D eigenvalue weighted by atomic mass is 32.1. The van der Waals surface area contributed by atoms with Gasteiger partial charge in [-0.2, -0.15) is 13.2 Å². The van der Waals surface area contributed by atoms with Crippen molar-refractivity contribution < 1.29 is 22.6 Å². The van der Waals surface area contributed by atoms with Crippen LogP contribution in [0, 0.1) is 0 Å². The molecule has 3 heterocycles. The predicted octanol–water partition coefficient (Wildman–Crippen LogP) is 5.79. The molecule has 0 amide bonds. The molecule has 0 bridgehead atoms. The summed E-state index contributed by atoms with van der Waals surface area (Å²) in [6.07, 6.45) is 1.74. The van der Waals surface area contributed by atoms with Crippen LogP contribution in [0.1, 0.15) is 62.5 Å². The van der Waals surface area contributed by atoms with Crippen molar-refractivity contribution in [3.8, 4) is 5.75 Å². The zero-order valence-corrected chi connectivity index (χ0v) is 22.9. The fourth-order valence-corrected chi connectivity index (χ4v) is 5.84. The summed E-state index contributed by atoms with van der Waals surface area (Å²) in [6.45, 7) is 9.12. The third-order valence-corrected chi connectivity index (χ3v) is 8.48. The van der Waals surface area contributed by atoms with Gasteiger partial charge in [0.05, 0.1) is 23.8 Å². The fraction of sp³-hybridized carbons (Fsp3) is 0.615. The first-order valence-electron chi connectivity index (χ1n) is 12.4. The third kappa shape index (κ3) is 6.57. The standard InChI is InChI=1S/C26H34F3N3O2S2/c1-25(2,3)22-15-32(14-19-8-6-12-33-19)24(36-22)30-23(35)20-13-17(26(27,28)29)9-10-21(20)34-16-18-7-5-11-31(18)4/h9-10,13,15,18-19H,5-8,11-12,14,16H2,1-4H3/t18-,19+/m0/s1. The van der Waals surface area contributed by atoms with Gasteiger partial charge < -0.3 is 18.9 Å². The molecule has 2 aromatic rings. The second-order valence-electron chi connectivity index (χ2n) is 10.6. The highest BCUT2D eigenvalue weighted by molar-refractivity contribution is 7.80. The van der Waals surface area contributed by atoms with E-state index in [1.54, 1.807) is 0 Å². The van der Waals surface area contributed by atoms with Gasteiger partial charge in [0.1, 0.15) is 17.3 Å². The number of likely N-dealkylation sites (tertiary alicyclic amines) is 1. The van der Waals surface area contributed by atoms with Crippen LogP contribution in [0.5, 0.6) is 5.75 Å². The molecule has 2 saturated heterocycles. The zero-order chi connectivity index (χ0) is 26.1. The van der Waals surface area contributed by atoms with Gasteiger partial charge in [0, 0.05) is 23.7 Å². The number of ether oxygens (including phenoxy) is 2. The van der Waals surface area contributed by atoms with E-state index in [1.807, 2.05) is 11.6 Å². The molecule has 36 heavy (non-hydrogen) atoms. The van der Waals surface area contributed by atoms with Crippen molar-refractivity contribution in [1.82, 2.24) is 9.47 Å². The molecule has 0 aliphatic carbocycles. The van der Waals surface area contributed by atoms with Crippen LogP contribution in [0.2, 0.25) is 0 Å². The summed E-state index contributed by atoms with van der Waals surface area (Å²) in [5, 5.41) is 0. The van der Waals surface area contributed by atoms with Crippen LogP contribution in [0.4, 0.5) is 13.2 Å². The highest BCUT2D eigenvalue weighted by Gasteiger charge is 2.32. The van der Waals surface area contributed by atoms with Crippen LogP contribution < -0.4 is 9.54 Å². The van der Waals surface area contributed by atoms with Gasteiger partial charge in [-0.15, -0.1) is 11.3 Å². The van der Waals surface area contributed by atoms with Gasteiger partial charge in [0.15, 0.2) is 4.80 Å². The van der Waals surface area contributed by atoms with Crippen molar-refractivity contribution in [2.75, 3.05) is 26.8 Å². The molecule has 0 saturated carbocycles. The average molecular weight is 542 g/mol. The molecular weight excluding hydrogens is 507 g/mol. The molecular formula is C26H34F3N3O2S2. The van der Waals surface area contributed by atoms with E-state index in [0.717, 1.165) is 55.8 Å². The van der Waals surface area contributed by atoms with Crippen molar-refractivity contribution in [2.24, 2.45) is 4.99 Å². The fourth-order valence-electron chi connectivity index (χ4n) is 4.47. The van der Waals surface area contributed by atoms with E-state index in [1.165, 1.54) is 17.4 Å². The van der Waals surface area contributed by atoms with Crippen molar-refractivity contribution in [3.63, 3.8) is 0 Å². The number of nitrogens with zero attached hydrogens (tertiary/aromatic N) is 3. The minimum absolute atomic E-state index is 0.0827. The molecule has 0 radical (unpaired) electrons. The van der Waals surface area contributed by atoms with Crippen LogP contribution in [-0.2, 0) is 22.9 Å². The van der Waals surface area contributed by atoms with Gasteiger partial charge in [-0.25, -0.2) is 4.99 Å². The summed E-state index contributed by atoms with van der Waals surface area (Å²) in [4.78, 5) is 8.74. The molecule has 198 valence electrons. The molecule has 0 N–H and O–H groups in total.